The van der Waals surface area contributed by atoms with E-state index in [2.05, 4.69) is 15.5 Å². The molecule has 0 bridgehead atoms. The Morgan fingerprint density at radius 2 is 2.05 bits per heavy atom. The fourth-order valence-electron chi connectivity index (χ4n) is 1.83. The number of rotatable bonds is 6. The number of thioether (sulfide) groups is 1. The van der Waals surface area contributed by atoms with Crippen molar-refractivity contribution in [2.45, 2.75) is 12.5 Å². The van der Waals surface area contributed by atoms with Crippen LogP contribution in [0.4, 0.5) is 5.69 Å². The minimum absolute atomic E-state index is 0.179. The Hall–Kier alpha value is -1.99. The van der Waals surface area contributed by atoms with E-state index < -0.39 is 6.04 Å². The molecule has 0 radical (unpaired) electrons. The molecule has 1 aromatic carbocycles. The quantitative estimate of drug-likeness (QED) is 0.647. The fourth-order valence-corrected chi connectivity index (χ4v) is 2.32. The summed E-state index contributed by atoms with van der Waals surface area (Å²) in [5.74, 6) is 0.667. The van der Waals surface area contributed by atoms with Crippen molar-refractivity contribution in [1.82, 2.24) is 10.2 Å². The van der Waals surface area contributed by atoms with E-state index >= 15 is 0 Å². The molecular weight excluding hydrogens is 288 g/mol. The lowest BCUT2D eigenvalue weighted by Gasteiger charge is -2.11. The van der Waals surface area contributed by atoms with Gasteiger partial charge in [-0.3, -0.25) is 19.8 Å². The Balaban J connectivity index is 1.99. The third-order valence-corrected chi connectivity index (χ3v) is 3.67. The third-order valence-electron chi connectivity index (χ3n) is 3.03. The van der Waals surface area contributed by atoms with Crippen molar-refractivity contribution >= 4 is 23.4 Å². The van der Waals surface area contributed by atoms with Gasteiger partial charge >= 0.3 is 0 Å². The van der Waals surface area contributed by atoms with Crippen molar-refractivity contribution in [3.8, 4) is 11.3 Å². The lowest BCUT2D eigenvalue weighted by molar-refractivity contribution is -0.117. The Bertz CT molecular complexity index is 647. The number of hydrogen-bond donors (Lipinski definition) is 4. The number of hydrogen-bond acceptors (Lipinski definition) is 4. The highest BCUT2D eigenvalue weighted by molar-refractivity contribution is 7.98. The molecule has 0 unspecified atom stereocenters. The average Bonchev–Trinajstić information content (AvgIpc) is 2.92. The van der Waals surface area contributed by atoms with E-state index in [9.17, 15) is 9.59 Å². The Labute approximate surface area is 126 Å². The van der Waals surface area contributed by atoms with Gasteiger partial charge in [0.05, 0.1) is 11.7 Å². The van der Waals surface area contributed by atoms with Crippen molar-refractivity contribution in [1.29, 1.82) is 0 Å². The number of aromatic amines is 2. The molecule has 0 fully saturated rings. The lowest BCUT2D eigenvalue weighted by Crippen LogP contribution is -2.36. The standard InChI is InChI=1S/C14H18N4O2S/c1-21-7-6-11(15)14(20)16-10-4-2-9(3-5-10)12-8-13(19)18-17-12/h2-5,8,11H,6-7,15H2,1H3,(H,16,20)(H2,17,18,19)/t11-/m0/s1. The number of nitrogens with one attached hydrogen (secondary N) is 3. The minimum Gasteiger partial charge on any atom is -0.325 e. The number of aromatic nitrogens is 2. The lowest BCUT2D eigenvalue weighted by atomic mass is 10.1. The summed E-state index contributed by atoms with van der Waals surface area (Å²) in [6, 6.07) is 8.17. The molecule has 0 aliphatic rings. The van der Waals surface area contributed by atoms with Gasteiger partial charge in [0.25, 0.3) is 5.56 Å². The molecule has 1 atom stereocenters. The molecule has 0 aliphatic carbocycles. The highest BCUT2D eigenvalue weighted by atomic mass is 32.2. The first-order chi connectivity index (χ1) is 10.1. The summed E-state index contributed by atoms with van der Waals surface area (Å²) < 4.78 is 0. The van der Waals surface area contributed by atoms with Crippen molar-refractivity contribution in [3.05, 3.63) is 40.7 Å². The monoisotopic (exact) mass is 306 g/mol. The van der Waals surface area contributed by atoms with Crippen molar-refractivity contribution < 1.29 is 4.79 Å². The van der Waals surface area contributed by atoms with Crippen LogP contribution in [0.2, 0.25) is 0 Å². The number of H-pyrrole nitrogens is 2. The van der Waals surface area contributed by atoms with Gasteiger partial charge in [0.1, 0.15) is 0 Å². The van der Waals surface area contributed by atoms with E-state index in [1.165, 1.54) is 6.07 Å². The molecule has 0 aliphatic heterocycles. The van der Waals surface area contributed by atoms with E-state index in [-0.39, 0.29) is 11.5 Å². The molecule has 0 spiro atoms. The summed E-state index contributed by atoms with van der Waals surface area (Å²) in [6.45, 7) is 0. The van der Waals surface area contributed by atoms with Gasteiger partial charge in [-0.05, 0) is 36.1 Å². The largest absolute Gasteiger partial charge is 0.325 e. The number of carbonyl (C=O) groups excluding carboxylic acids is 1. The van der Waals surface area contributed by atoms with Gasteiger partial charge in [0, 0.05) is 11.8 Å². The highest BCUT2D eigenvalue weighted by Gasteiger charge is 2.13. The average molecular weight is 306 g/mol. The number of benzene rings is 1. The molecule has 21 heavy (non-hydrogen) atoms. The Morgan fingerprint density at radius 3 is 2.62 bits per heavy atom. The molecule has 7 heteroatoms. The second-order valence-electron chi connectivity index (χ2n) is 4.63. The normalized spacial score (nSPS) is 12.1. The van der Waals surface area contributed by atoms with Crippen LogP contribution in [0.15, 0.2) is 35.1 Å². The van der Waals surface area contributed by atoms with Crippen LogP contribution < -0.4 is 16.6 Å². The molecule has 2 rings (SSSR count). The van der Waals surface area contributed by atoms with Gasteiger partial charge in [-0.25, -0.2) is 0 Å². The molecule has 1 aromatic heterocycles. The van der Waals surface area contributed by atoms with Crippen LogP contribution in [0.1, 0.15) is 6.42 Å². The summed E-state index contributed by atoms with van der Waals surface area (Å²) in [4.78, 5) is 23.0. The van der Waals surface area contributed by atoms with Crippen molar-refractivity contribution in [2.24, 2.45) is 5.73 Å². The molecule has 1 heterocycles. The zero-order chi connectivity index (χ0) is 15.2. The zero-order valence-electron chi connectivity index (χ0n) is 11.7. The number of amides is 1. The van der Waals surface area contributed by atoms with Gasteiger partial charge in [-0.1, -0.05) is 12.1 Å². The van der Waals surface area contributed by atoms with Crippen LogP contribution in [0.5, 0.6) is 0 Å². The summed E-state index contributed by atoms with van der Waals surface area (Å²) in [5.41, 5.74) is 7.87. The molecule has 2 aromatic rings. The number of carbonyl (C=O) groups is 1. The maximum Gasteiger partial charge on any atom is 0.264 e. The highest BCUT2D eigenvalue weighted by Crippen LogP contribution is 2.18. The first kappa shape index (κ1) is 15.4. The Morgan fingerprint density at radius 1 is 1.33 bits per heavy atom. The summed E-state index contributed by atoms with van der Waals surface area (Å²) in [5, 5.41) is 8.04. The third kappa shape index (κ3) is 4.24. The van der Waals surface area contributed by atoms with Crippen LogP contribution in [0, 0.1) is 0 Å². The van der Waals surface area contributed by atoms with Crippen molar-refractivity contribution in [2.75, 3.05) is 17.3 Å². The predicted octanol–water partition coefficient (Wildman–Crippen LogP) is 1.39. The molecule has 0 saturated heterocycles. The molecule has 112 valence electrons. The van der Waals surface area contributed by atoms with E-state index in [0.717, 1.165) is 11.3 Å². The maximum absolute atomic E-state index is 11.9. The van der Waals surface area contributed by atoms with E-state index in [0.29, 0.717) is 17.8 Å². The number of nitrogens with two attached hydrogens (primary N) is 1. The zero-order valence-corrected chi connectivity index (χ0v) is 12.5. The van der Waals surface area contributed by atoms with Crippen LogP contribution in [0.25, 0.3) is 11.3 Å². The maximum atomic E-state index is 11.9. The van der Waals surface area contributed by atoms with Gasteiger partial charge in [0.15, 0.2) is 0 Å². The SMILES string of the molecule is CSCC[C@H](N)C(=O)Nc1ccc(-c2cc(=O)[nH][nH]2)cc1. The van der Waals surface area contributed by atoms with Crippen LogP contribution in [-0.4, -0.2) is 34.2 Å². The summed E-state index contributed by atoms with van der Waals surface area (Å²) in [6.07, 6.45) is 2.63. The molecule has 5 N–H and O–H groups in total. The number of anilines is 1. The Kier molecular flexibility index (Phi) is 5.24. The van der Waals surface area contributed by atoms with Gasteiger partial charge < -0.3 is 11.1 Å². The summed E-state index contributed by atoms with van der Waals surface area (Å²) >= 11 is 1.66. The first-order valence-corrected chi connectivity index (χ1v) is 7.93. The second-order valence-corrected chi connectivity index (χ2v) is 5.61. The summed E-state index contributed by atoms with van der Waals surface area (Å²) in [7, 11) is 0. The molecule has 1 amide bonds. The van der Waals surface area contributed by atoms with E-state index in [4.69, 9.17) is 5.73 Å². The fraction of sp³-hybridized carbons (Fsp3) is 0.286. The van der Waals surface area contributed by atoms with E-state index in [1.54, 1.807) is 23.9 Å². The van der Waals surface area contributed by atoms with Crippen LogP contribution >= 0.6 is 11.8 Å². The topological polar surface area (TPSA) is 104 Å². The predicted molar refractivity (Wildman–Crippen MR) is 86.5 cm³/mol. The van der Waals surface area contributed by atoms with E-state index in [1.807, 2.05) is 18.4 Å². The van der Waals surface area contributed by atoms with Gasteiger partial charge in [0.2, 0.25) is 5.91 Å². The molecule has 6 nitrogen and oxygen atoms in total. The van der Waals surface area contributed by atoms with Crippen LogP contribution in [-0.2, 0) is 4.79 Å². The van der Waals surface area contributed by atoms with Crippen LogP contribution in [0.3, 0.4) is 0 Å². The first-order valence-electron chi connectivity index (χ1n) is 6.53. The molecular formula is C14H18N4O2S. The smallest absolute Gasteiger partial charge is 0.264 e. The van der Waals surface area contributed by atoms with Gasteiger partial charge in [-0.2, -0.15) is 11.8 Å². The van der Waals surface area contributed by atoms with Crippen molar-refractivity contribution in [3.63, 3.8) is 0 Å². The second kappa shape index (κ2) is 7.14. The minimum atomic E-state index is -0.502. The van der Waals surface area contributed by atoms with Gasteiger partial charge in [-0.15, -0.1) is 0 Å². The molecule has 0 saturated carbocycles.